The molecule has 0 spiro atoms. The van der Waals surface area contributed by atoms with Crippen LogP contribution in [-0.4, -0.2) is 25.7 Å². The zero-order valence-corrected chi connectivity index (χ0v) is 11.0. The van der Waals surface area contributed by atoms with E-state index >= 15 is 0 Å². The maximum Gasteiger partial charge on any atom is 0.416 e. The first-order chi connectivity index (χ1) is 9.36. The lowest BCUT2D eigenvalue weighted by Crippen LogP contribution is -2.31. The van der Waals surface area contributed by atoms with E-state index in [1.807, 2.05) is 0 Å². The Morgan fingerprint density at radius 2 is 1.95 bits per heavy atom. The number of benzene rings is 1. The molecule has 0 aromatic heterocycles. The number of nitrogens with one attached hydrogen (secondary N) is 1. The Kier molecular flexibility index (Phi) is 5.97. The Morgan fingerprint density at radius 3 is 2.40 bits per heavy atom. The van der Waals surface area contributed by atoms with E-state index in [2.05, 4.69) is 5.32 Å². The zero-order chi connectivity index (χ0) is 15.2. The van der Waals surface area contributed by atoms with Gasteiger partial charge in [-0.2, -0.15) is 13.2 Å². The molecule has 112 valence electrons. The molecule has 1 aromatic rings. The molecular weight excluding hydrogens is 273 g/mol. The Bertz CT molecular complexity index is 428. The molecule has 1 atom stereocenters. The molecular formula is C13H17F3N2O2. The standard InChI is InChI=1S/C13H17F3N2O2/c1-20-11(7-17)6-12(19)18-8-9-2-4-10(5-3-9)13(14,15)16/h2-5,11H,6-8,17H2,1H3,(H,18,19). The summed E-state index contributed by atoms with van der Waals surface area (Å²) in [6.45, 7) is 0.391. The summed E-state index contributed by atoms with van der Waals surface area (Å²) in [5.74, 6) is -0.262. The van der Waals surface area contributed by atoms with Gasteiger partial charge in [-0.25, -0.2) is 0 Å². The second kappa shape index (κ2) is 7.25. The third-order valence-corrected chi connectivity index (χ3v) is 2.78. The SMILES string of the molecule is COC(CN)CC(=O)NCc1ccc(C(F)(F)F)cc1. The van der Waals surface area contributed by atoms with E-state index in [1.54, 1.807) is 0 Å². The van der Waals surface area contributed by atoms with E-state index in [-0.39, 0.29) is 31.5 Å². The van der Waals surface area contributed by atoms with E-state index in [0.717, 1.165) is 12.1 Å². The minimum absolute atomic E-state index is 0.119. The molecule has 0 saturated heterocycles. The molecule has 1 unspecified atom stereocenters. The molecule has 7 heteroatoms. The van der Waals surface area contributed by atoms with Crippen molar-refractivity contribution in [2.45, 2.75) is 25.2 Å². The number of hydrogen-bond acceptors (Lipinski definition) is 3. The molecule has 3 N–H and O–H groups in total. The molecule has 4 nitrogen and oxygen atoms in total. The van der Waals surface area contributed by atoms with Crippen molar-refractivity contribution >= 4 is 5.91 Å². The van der Waals surface area contributed by atoms with Gasteiger partial charge in [-0.1, -0.05) is 12.1 Å². The summed E-state index contributed by atoms with van der Waals surface area (Å²) in [7, 11) is 1.46. The largest absolute Gasteiger partial charge is 0.416 e. The molecule has 0 aliphatic rings. The minimum Gasteiger partial charge on any atom is -0.380 e. The van der Waals surface area contributed by atoms with Gasteiger partial charge < -0.3 is 15.8 Å². The van der Waals surface area contributed by atoms with Gasteiger partial charge >= 0.3 is 6.18 Å². The van der Waals surface area contributed by atoms with Crippen LogP contribution in [0.3, 0.4) is 0 Å². The van der Waals surface area contributed by atoms with Gasteiger partial charge in [0, 0.05) is 20.2 Å². The van der Waals surface area contributed by atoms with Crippen molar-refractivity contribution in [1.82, 2.24) is 5.32 Å². The second-order valence-corrected chi connectivity index (χ2v) is 4.27. The molecule has 0 fully saturated rings. The van der Waals surface area contributed by atoms with Crippen LogP contribution in [-0.2, 0) is 22.3 Å². The summed E-state index contributed by atoms with van der Waals surface area (Å²) in [5.41, 5.74) is 5.26. The first kappa shape index (κ1) is 16.5. The molecule has 1 amide bonds. The Morgan fingerprint density at radius 1 is 1.35 bits per heavy atom. The second-order valence-electron chi connectivity index (χ2n) is 4.27. The van der Waals surface area contributed by atoms with E-state index in [0.29, 0.717) is 5.56 Å². The van der Waals surface area contributed by atoms with Gasteiger partial charge in [0.25, 0.3) is 0 Å². The molecule has 0 aliphatic carbocycles. The van der Waals surface area contributed by atoms with E-state index < -0.39 is 11.7 Å². The molecule has 1 rings (SSSR count). The number of ether oxygens (including phenoxy) is 1. The van der Waals surface area contributed by atoms with Crippen molar-refractivity contribution in [3.8, 4) is 0 Å². The number of methoxy groups -OCH3 is 1. The topological polar surface area (TPSA) is 64.3 Å². The van der Waals surface area contributed by atoms with Crippen LogP contribution in [0.4, 0.5) is 13.2 Å². The summed E-state index contributed by atoms with van der Waals surface area (Å²) in [5, 5.41) is 2.60. The number of rotatable bonds is 6. The number of alkyl halides is 3. The van der Waals surface area contributed by atoms with Crippen molar-refractivity contribution < 1.29 is 22.7 Å². The van der Waals surface area contributed by atoms with Crippen LogP contribution in [0.5, 0.6) is 0 Å². The Labute approximate surface area is 115 Å². The highest BCUT2D eigenvalue weighted by Gasteiger charge is 2.29. The molecule has 1 aromatic carbocycles. The average Bonchev–Trinajstić information content (AvgIpc) is 2.42. The van der Waals surface area contributed by atoms with Gasteiger partial charge in [0.15, 0.2) is 0 Å². The zero-order valence-electron chi connectivity index (χ0n) is 11.0. The summed E-state index contributed by atoms with van der Waals surface area (Å²) in [6.07, 6.45) is -4.59. The summed E-state index contributed by atoms with van der Waals surface area (Å²) in [4.78, 5) is 11.5. The monoisotopic (exact) mass is 290 g/mol. The predicted molar refractivity (Wildman–Crippen MR) is 67.8 cm³/mol. The van der Waals surface area contributed by atoms with Crippen LogP contribution < -0.4 is 11.1 Å². The van der Waals surface area contributed by atoms with Gasteiger partial charge in [-0.15, -0.1) is 0 Å². The normalized spacial score (nSPS) is 13.1. The van der Waals surface area contributed by atoms with E-state index in [4.69, 9.17) is 10.5 Å². The average molecular weight is 290 g/mol. The van der Waals surface area contributed by atoms with Crippen molar-refractivity contribution in [2.24, 2.45) is 5.73 Å². The summed E-state index contributed by atoms with van der Waals surface area (Å²) < 4.78 is 42.0. The van der Waals surface area contributed by atoms with Crippen LogP contribution in [0.25, 0.3) is 0 Å². The van der Waals surface area contributed by atoms with E-state index in [9.17, 15) is 18.0 Å². The highest BCUT2D eigenvalue weighted by molar-refractivity contribution is 5.76. The highest BCUT2D eigenvalue weighted by atomic mass is 19.4. The van der Waals surface area contributed by atoms with Gasteiger partial charge in [-0.3, -0.25) is 4.79 Å². The number of halogens is 3. The van der Waals surface area contributed by atoms with Crippen LogP contribution in [0, 0.1) is 0 Å². The molecule has 0 bridgehead atoms. The molecule has 0 saturated carbocycles. The number of amides is 1. The van der Waals surface area contributed by atoms with Crippen LogP contribution >= 0.6 is 0 Å². The molecule has 0 aliphatic heterocycles. The summed E-state index contributed by atoms with van der Waals surface area (Å²) in [6, 6.07) is 4.64. The third-order valence-electron chi connectivity index (χ3n) is 2.78. The number of hydrogen-bond donors (Lipinski definition) is 2. The van der Waals surface area contributed by atoms with E-state index in [1.165, 1.54) is 19.2 Å². The maximum absolute atomic E-state index is 12.4. The first-order valence-electron chi connectivity index (χ1n) is 6.02. The lowest BCUT2D eigenvalue weighted by atomic mass is 10.1. The molecule has 0 radical (unpaired) electrons. The minimum atomic E-state index is -4.35. The summed E-state index contributed by atoms with van der Waals surface area (Å²) >= 11 is 0. The first-order valence-corrected chi connectivity index (χ1v) is 6.02. The number of nitrogens with two attached hydrogens (primary N) is 1. The van der Waals surface area contributed by atoms with Crippen molar-refractivity contribution in [3.05, 3.63) is 35.4 Å². The molecule has 20 heavy (non-hydrogen) atoms. The van der Waals surface area contributed by atoms with Gasteiger partial charge in [-0.05, 0) is 17.7 Å². The maximum atomic E-state index is 12.4. The molecule has 0 heterocycles. The fraction of sp³-hybridized carbons (Fsp3) is 0.462. The fourth-order valence-corrected chi connectivity index (χ4v) is 1.55. The van der Waals surface area contributed by atoms with Crippen molar-refractivity contribution in [2.75, 3.05) is 13.7 Å². The van der Waals surface area contributed by atoms with Gasteiger partial charge in [0.1, 0.15) is 0 Å². The predicted octanol–water partition coefficient (Wildman–Crippen LogP) is 1.69. The number of carbonyl (C=O) groups is 1. The van der Waals surface area contributed by atoms with Gasteiger partial charge in [0.05, 0.1) is 18.1 Å². The van der Waals surface area contributed by atoms with Gasteiger partial charge in [0.2, 0.25) is 5.91 Å². The van der Waals surface area contributed by atoms with Crippen LogP contribution in [0.15, 0.2) is 24.3 Å². The Balaban J connectivity index is 2.48. The van der Waals surface area contributed by atoms with Crippen LogP contribution in [0.1, 0.15) is 17.5 Å². The van der Waals surface area contributed by atoms with Crippen molar-refractivity contribution in [3.63, 3.8) is 0 Å². The highest BCUT2D eigenvalue weighted by Crippen LogP contribution is 2.28. The van der Waals surface area contributed by atoms with Crippen molar-refractivity contribution in [1.29, 1.82) is 0 Å². The lowest BCUT2D eigenvalue weighted by Gasteiger charge is -2.13. The van der Waals surface area contributed by atoms with Crippen LogP contribution in [0.2, 0.25) is 0 Å². The lowest BCUT2D eigenvalue weighted by molar-refractivity contribution is -0.137. The Hall–Kier alpha value is -1.60. The quantitative estimate of drug-likeness (QED) is 0.838. The third kappa shape index (κ3) is 5.18. The fourth-order valence-electron chi connectivity index (χ4n) is 1.55. The smallest absolute Gasteiger partial charge is 0.380 e. The number of carbonyl (C=O) groups excluding carboxylic acids is 1.